The van der Waals surface area contributed by atoms with E-state index in [1.807, 2.05) is 11.9 Å². The molecular formula is C9H20N2O. The summed E-state index contributed by atoms with van der Waals surface area (Å²) in [4.78, 5) is 12.5. The summed E-state index contributed by atoms with van der Waals surface area (Å²) in [5.74, 6) is -0.258. The maximum Gasteiger partial charge on any atom is 0.231 e. The molecular weight excluding hydrogens is 152 g/mol. The third kappa shape index (κ3) is 7.54. The van der Waals surface area contributed by atoms with E-state index >= 15 is 0 Å². The van der Waals surface area contributed by atoms with Gasteiger partial charge in [0.2, 0.25) is 5.91 Å². The predicted molar refractivity (Wildman–Crippen MR) is 50.8 cm³/mol. The van der Waals surface area contributed by atoms with Gasteiger partial charge >= 0.3 is 0 Å². The Morgan fingerprint density at radius 2 is 1.92 bits per heavy atom. The molecule has 72 valence electrons. The molecule has 0 unspecified atom stereocenters. The fourth-order valence-electron chi connectivity index (χ4n) is 0.871. The van der Waals surface area contributed by atoms with E-state index in [1.165, 1.54) is 0 Å². The summed E-state index contributed by atoms with van der Waals surface area (Å²) in [5.41, 5.74) is 5.38. The molecule has 2 N–H and O–H groups in total. The first-order valence-electron chi connectivity index (χ1n) is 4.28. The lowest BCUT2D eigenvalue weighted by Gasteiger charge is -2.22. The van der Waals surface area contributed by atoms with Crippen molar-refractivity contribution in [1.82, 2.24) is 4.90 Å². The molecule has 0 aromatic carbocycles. The van der Waals surface area contributed by atoms with Gasteiger partial charge in [0.25, 0.3) is 0 Å². The molecule has 0 fully saturated rings. The summed E-state index contributed by atoms with van der Waals surface area (Å²) in [6.45, 7) is 7.84. The lowest BCUT2D eigenvalue weighted by Crippen LogP contribution is -2.32. The average Bonchev–Trinajstić information content (AvgIpc) is 1.80. The molecule has 0 saturated heterocycles. The van der Waals surface area contributed by atoms with E-state index in [0.717, 1.165) is 13.0 Å². The Balaban J connectivity index is 3.57. The lowest BCUT2D eigenvalue weighted by atomic mass is 9.92. The van der Waals surface area contributed by atoms with Crippen molar-refractivity contribution in [2.75, 3.05) is 20.1 Å². The van der Waals surface area contributed by atoms with E-state index in [9.17, 15) is 4.79 Å². The summed E-state index contributed by atoms with van der Waals surface area (Å²) in [6, 6.07) is 0. The van der Waals surface area contributed by atoms with Crippen LogP contribution in [0, 0.1) is 5.41 Å². The number of hydrogen-bond acceptors (Lipinski definition) is 2. The van der Waals surface area contributed by atoms with Crippen molar-refractivity contribution in [3.05, 3.63) is 0 Å². The summed E-state index contributed by atoms with van der Waals surface area (Å²) < 4.78 is 0. The first-order chi connectivity index (χ1) is 5.31. The zero-order valence-corrected chi connectivity index (χ0v) is 8.55. The molecule has 0 spiro atoms. The van der Waals surface area contributed by atoms with Gasteiger partial charge in [-0.1, -0.05) is 20.8 Å². The standard InChI is InChI=1S/C9H20N2O/c1-9(2,3)5-6-11(4)7-8(10)12/h5-7H2,1-4H3,(H2,10,12). The van der Waals surface area contributed by atoms with Crippen molar-refractivity contribution in [3.8, 4) is 0 Å². The Morgan fingerprint density at radius 1 is 1.42 bits per heavy atom. The lowest BCUT2D eigenvalue weighted by molar-refractivity contribution is -0.118. The number of carbonyl (C=O) groups excluding carboxylic acids is 1. The molecule has 0 aliphatic carbocycles. The van der Waals surface area contributed by atoms with Gasteiger partial charge in [-0.2, -0.15) is 0 Å². The van der Waals surface area contributed by atoms with Crippen LogP contribution in [0.3, 0.4) is 0 Å². The minimum absolute atomic E-state index is 0.258. The van der Waals surface area contributed by atoms with Crippen LogP contribution in [0.5, 0.6) is 0 Å². The maximum absolute atomic E-state index is 10.5. The molecule has 3 nitrogen and oxygen atoms in total. The molecule has 0 aromatic rings. The van der Waals surface area contributed by atoms with Gasteiger partial charge in [-0.15, -0.1) is 0 Å². The highest BCUT2D eigenvalue weighted by Crippen LogP contribution is 2.18. The average molecular weight is 172 g/mol. The Kier molecular flexibility index (Phi) is 4.24. The second kappa shape index (κ2) is 4.45. The van der Waals surface area contributed by atoms with Gasteiger partial charge in [0, 0.05) is 0 Å². The molecule has 1 amide bonds. The van der Waals surface area contributed by atoms with Crippen LogP contribution in [0.1, 0.15) is 27.2 Å². The van der Waals surface area contributed by atoms with Gasteiger partial charge in [-0.25, -0.2) is 0 Å². The summed E-state index contributed by atoms with van der Waals surface area (Å²) in [5, 5.41) is 0. The van der Waals surface area contributed by atoms with Crippen LogP contribution >= 0.6 is 0 Å². The minimum atomic E-state index is -0.258. The zero-order valence-electron chi connectivity index (χ0n) is 8.55. The molecule has 0 heterocycles. The van der Waals surface area contributed by atoms with E-state index < -0.39 is 0 Å². The fraction of sp³-hybridized carbons (Fsp3) is 0.889. The van der Waals surface area contributed by atoms with Crippen molar-refractivity contribution < 1.29 is 4.79 Å². The Hall–Kier alpha value is -0.570. The second-order valence-corrected chi connectivity index (χ2v) is 4.51. The highest BCUT2D eigenvalue weighted by Gasteiger charge is 2.11. The molecule has 3 heteroatoms. The topological polar surface area (TPSA) is 46.3 Å². The third-order valence-corrected chi connectivity index (χ3v) is 1.67. The van der Waals surface area contributed by atoms with Crippen LogP contribution < -0.4 is 5.73 Å². The molecule has 0 aromatic heterocycles. The minimum Gasteiger partial charge on any atom is -0.369 e. The molecule has 12 heavy (non-hydrogen) atoms. The Bertz CT molecular complexity index is 149. The van der Waals surface area contributed by atoms with E-state index in [2.05, 4.69) is 20.8 Å². The molecule has 0 radical (unpaired) electrons. The van der Waals surface area contributed by atoms with Crippen molar-refractivity contribution in [1.29, 1.82) is 0 Å². The van der Waals surface area contributed by atoms with Crippen molar-refractivity contribution in [2.24, 2.45) is 11.1 Å². The first-order valence-corrected chi connectivity index (χ1v) is 4.28. The number of hydrogen-bond donors (Lipinski definition) is 1. The molecule has 0 aliphatic rings. The number of nitrogens with zero attached hydrogens (tertiary/aromatic N) is 1. The Morgan fingerprint density at radius 3 is 2.25 bits per heavy atom. The third-order valence-electron chi connectivity index (χ3n) is 1.67. The summed E-state index contributed by atoms with van der Waals surface area (Å²) in [6.07, 6.45) is 1.08. The van der Waals surface area contributed by atoms with Gasteiger partial charge < -0.3 is 5.73 Å². The molecule has 0 rings (SSSR count). The van der Waals surface area contributed by atoms with Gasteiger partial charge in [0.15, 0.2) is 0 Å². The molecule has 0 saturated carbocycles. The number of carbonyl (C=O) groups is 1. The maximum atomic E-state index is 10.5. The van der Waals surface area contributed by atoms with Crippen LogP contribution in [0.2, 0.25) is 0 Å². The van der Waals surface area contributed by atoms with Crippen molar-refractivity contribution in [2.45, 2.75) is 27.2 Å². The molecule has 0 bridgehead atoms. The Labute approximate surface area is 74.9 Å². The quantitative estimate of drug-likeness (QED) is 0.683. The van der Waals surface area contributed by atoms with Gasteiger partial charge in [-0.05, 0) is 25.4 Å². The van der Waals surface area contributed by atoms with Gasteiger partial charge in [0.1, 0.15) is 0 Å². The summed E-state index contributed by atoms with van der Waals surface area (Å²) >= 11 is 0. The molecule has 0 aliphatic heterocycles. The summed E-state index contributed by atoms with van der Waals surface area (Å²) in [7, 11) is 1.91. The SMILES string of the molecule is CN(CCC(C)(C)C)CC(N)=O. The second-order valence-electron chi connectivity index (χ2n) is 4.51. The van der Waals surface area contributed by atoms with Crippen molar-refractivity contribution in [3.63, 3.8) is 0 Å². The van der Waals surface area contributed by atoms with Gasteiger partial charge in [-0.3, -0.25) is 9.69 Å². The van der Waals surface area contributed by atoms with Crippen LogP contribution in [0.15, 0.2) is 0 Å². The van der Waals surface area contributed by atoms with Crippen LogP contribution in [0.25, 0.3) is 0 Å². The normalized spacial score (nSPS) is 12.1. The number of rotatable bonds is 4. The van der Waals surface area contributed by atoms with E-state index in [1.54, 1.807) is 0 Å². The zero-order chi connectivity index (χ0) is 9.78. The fourth-order valence-corrected chi connectivity index (χ4v) is 0.871. The first kappa shape index (κ1) is 11.4. The van der Waals surface area contributed by atoms with Crippen molar-refractivity contribution >= 4 is 5.91 Å². The predicted octanol–water partition coefficient (Wildman–Crippen LogP) is 0.840. The largest absolute Gasteiger partial charge is 0.369 e. The highest BCUT2D eigenvalue weighted by molar-refractivity contribution is 5.75. The monoisotopic (exact) mass is 172 g/mol. The van der Waals surface area contributed by atoms with Crippen LogP contribution in [-0.4, -0.2) is 30.9 Å². The van der Waals surface area contributed by atoms with Crippen LogP contribution in [-0.2, 0) is 4.79 Å². The van der Waals surface area contributed by atoms with Crippen LogP contribution in [0.4, 0.5) is 0 Å². The molecule has 0 atom stereocenters. The number of nitrogens with two attached hydrogens (primary N) is 1. The smallest absolute Gasteiger partial charge is 0.231 e. The highest BCUT2D eigenvalue weighted by atomic mass is 16.1. The van der Waals surface area contributed by atoms with E-state index in [0.29, 0.717) is 12.0 Å². The number of primary amides is 1. The number of amides is 1. The number of likely N-dealkylation sites (N-methyl/N-ethyl adjacent to an activating group) is 1. The van der Waals surface area contributed by atoms with Gasteiger partial charge in [0.05, 0.1) is 6.54 Å². The van der Waals surface area contributed by atoms with E-state index in [4.69, 9.17) is 5.73 Å². The van der Waals surface area contributed by atoms with E-state index in [-0.39, 0.29) is 5.91 Å².